The van der Waals surface area contributed by atoms with E-state index in [2.05, 4.69) is 20.9 Å². The predicted molar refractivity (Wildman–Crippen MR) is 176 cm³/mol. The number of hydrogen-bond acceptors (Lipinski definition) is 6. The molecule has 2 atom stereocenters. The molecule has 10 heteroatoms. The van der Waals surface area contributed by atoms with Crippen LogP contribution in [0, 0.1) is 5.41 Å². The molecule has 4 amide bonds. The van der Waals surface area contributed by atoms with Crippen LogP contribution < -0.4 is 16.0 Å². The van der Waals surface area contributed by atoms with Gasteiger partial charge in [0.2, 0.25) is 23.6 Å². The summed E-state index contributed by atoms with van der Waals surface area (Å²) in [6, 6.07) is 16.8. The van der Waals surface area contributed by atoms with Gasteiger partial charge in [-0.15, -0.1) is 0 Å². The monoisotopic (exact) mass is 622 g/mol. The second-order valence-electron chi connectivity index (χ2n) is 13.2. The number of pyridine rings is 1. The van der Waals surface area contributed by atoms with Gasteiger partial charge in [-0.05, 0) is 80.1 Å². The molecule has 1 aliphatic carbocycles. The Hall–Kier alpha value is -4.57. The molecule has 240 valence electrons. The number of anilines is 2. The highest BCUT2D eigenvalue weighted by atomic mass is 16.2. The lowest BCUT2D eigenvalue weighted by atomic mass is 9.78. The van der Waals surface area contributed by atoms with Crippen LogP contribution in [0.5, 0.6) is 0 Å². The van der Waals surface area contributed by atoms with Crippen LogP contribution >= 0.6 is 0 Å². The van der Waals surface area contributed by atoms with Gasteiger partial charge in [-0.1, -0.05) is 43.3 Å². The molecule has 1 spiro atoms. The smallest absolute Gasteiger partial charge is 0.246 e. The van der Waals surface area contributed by atoms with Crippen molar-refractivity contribution >= 4 is 35.1 Å². The third kappa shape index (κ3) is 5.66. The lowest BCUT2D eigenvalue weighted by Gasteiger charge is -2.42. The van der Waals surface area contributed by atoms with Gasteiger partial charge >= 0.3 is 0 Å². The number of hydrogen-bond donors (Lipinski definition) is 3. The van der Waals surface area contributed by atoms with E-state index in [1.54, 1.807) is 29.8 Å². The Morgan fingerprint density at radius 3 is 2.46 bits per heavy atom. The zero-order valence-electron chi connectivity index (χ0n) is 27.0. The largest absolute Gasteiger partial charge is 0.343 e. The van der Waals surface area contributed by atoms with E-state index in [1.165, 1.54) is 0 Å². The van der Waals surface area contributed by atoms with E-state index in [0.29, 0.717) is 56.8 Å². The molecule has 1 fully saturated rings. The summed E-state index contributed by atoms with van der Waals surface area (Å²) in [5.41, 5.74) is 4.25. The zero-order chi connectivity index (χ0) is 32.6. The third-order valence-electron chi connectivity index (χ3n) is 10.2. The molecule has 6 rings (SSSR count). The maximum absolute atomic E-state index is 14.4. The Bertz CT molecular complexity index is 1700. The molecular formula is C36H42N6O4. The summed E-state index contributed by atoms with van der Waals surface area (Å²) in [5.74, 6) is 0.198. The van der Waals surface area contributed by atoms with E-state index in [1.807, 2.05) is 68.6 Å². The molecular weight excluding hydrogens is 580 g/mol. The minimum atomic E-state index is -0.768. The summed E-state index contributed by atoms with van der Waals surface area (Å²) < 4.78 is 0. The molecule has 1 aromatic heterocycles. The molecule has 3 heterocycles. The van der Waals surface area contributed by atoms with E-state index in [-0.39, 0.29) is 30.2 Å². The first-order valence-electron chi connectivity index (χ1n) is 16.0. The highest BCUT2D eigenvalue weighted by Crippen LogP contribution is 2.47. The van der Waals surface area contributed by atoms with Gasteiger partial charge in [0, 0.05) is 56.0 Å². The van der Waals surface area contributed by atoms with Gasteiger partial charge in [0.15, 0.2) is 0 Å². The fraction of sp³-hybridized carbons (Fsp3) is 0.417. The Morgan fingerprint density at radius 2 is 1.74 bits per heavy atom. The first-order chi connectivity index (χ1) is 22.0. The summed E-state index contributed by atoms with van der Waals surface area (Å²) >= 11 is 0. The van der Waals surface area contributed by atoms with Gasteiger partial charge in [-0.25, -0.2) is 4.98 Å². The van der Waals surface area contributed by atoms with E-state index < -0.39 is 16.9 Å². The topological polar surface area (TPSA) is 124 Å². The molecule has 1 unspecified atom stereocenters. The number of piperidine rings is 1. The number of benzene rings is 2. The Labute approximate surface area is 269 Å². The van der Waals surface area contributed by atoms with Crippen molar-refractivity contribution in [1.82, 2.24) is 20.1 Å². The number of fused-ring (bicyclic) bond motifs is 3. The predicted octanol–water partition coefficient (Wildman–Crippen LogP) is 3.79. The maximum atomic E-state index is 14.4. The molecule has 3 aromatic rings. The van der Waals surface area contributed by atoms with Crippen molar-refractivity contribution in [2.75, 3.05) is 30.8 Å². The number of rotatable bonds is 8. The maximum Gasteiger partial charge on any atom is 0.246 e. The van der Waals surface area contributed by atoms with Crippen LogP contribution in [0.2, 0.25) is 0 Å². The van der Waals surface area contributed by atoms with Crippen LogP contribution in [0.4, 0.5) is 11.5 Å². The summed E-state index contributed by atoms with van der Waals surface area (Å²) in [6.07, 6.45) is 3.85. The van der Waals surface area contributed by atoms with Crippen molar-refractivity contribution in [2.45, 2.75) is 71.0 Å². The molecule has 3 aliphatic rings. The molecule has 1 saturated heterocycles. The minimum Gasteiger partial charge on any atom is -0.343 e. The molecule has 0 saturated carbocycles. The van der Waals surface area contributed by atoms with E-state index in [9.17, 15) is 19.2 Å². The Kier molecular flexibility index (Phi) is 8.41. The lowest BCUT2D eigenvalue weighted by Crippen LogP contribution is -2.54. The number of aromatic nitrogens is 1. The number of carbonyl (C=O) groups excluding carboxylic acids is 4. The standard InChI is InChI=1S/C36H42N6O4/c1-23(32(44)39-29-12-11-25-19-36(20-28(25)18-29)30-10-7-15-38-31(30)40-33(36)45)42(22-27-9-6-5-8-26(27)21-37-4)34(46)35(3)13-16-41(17-14-35)24(2)43/h5-12,15,18,23,37H,13-14,16-17,19-22H2,1-4H3,(H,39,44)(H,38,40,45)/t23?,36-/m1/s1. The molecule has 10 nitrogen and oxygen atoms in total. The minimum absolute atomic E-state index is 0.00907. The van der Waals surface area contributed by atoms with Gasteiger partial charge in [0.1, 0.15) is 11.9 Å². The lowest BCUT2D eigenvalue weighted by molar-refractivity contribution is -0.151. The van der Waals surface area contributed by atoms with Crippen molar-refractivity contribution in [1.29, 1.82) is 0 Å². The van der Waals surface area contributed by atoms with Crippen LogP contribution in [0.15, 0.2) is 60.8 Å². The second kappa shape index (κ2) is 12.3. The van der Waals surface area contributed by atoms with Gasteiger partial charge < -0.3 is 25.8 Å². The third-order valence-corrected chi connectivity index (χ3v) is 10.2. The SMILES string of the molecule is CNCc1ccccc1CN(C(=O)C1(C)CCN(C(C)=O)CC1)C(C)C(=O)Nc1ccc2c(c1)C[C@@]1(C2)C(=O)Nc2ncccc21. The first kappa shape index (κ1) is 31.4. The van der Waals surface area contributed by atoms with Crippen molar-refractivity contribution in [3.63, 3.8) is 0 Å². The normalized spacial score (nSPS) is 20.1. The molecule has 0 radical (unpaired) electrons. The number of amides is 4. The molecule has 3 N–H and O–H groups in total. The van der Waals surface area contributed by atoms with Crippen LogP contribution in [-0.4, -0.2) is 64.6 Å². The molecule has 2 aromatic carbocycles. The number of likely N-dealkylation sites (tertiary alicyclic amines) is 1. The van der Waals surface area contributed by atoms with Gasteiger partial charge in [0.25, 0.3) is 0 Å². The van der Waals surface area contributed by atoms with Crippen LogP contribution in [0.3, 0.4) is 0 Å². The first-order valence-corrected chi connectivity index (χ1v) is 16.0. The second-order valence-corrected chi connectivity index (χ2v) is 13.2. The van der Waals surface area contributed by atoms with E-state index in [0.717, 1.165) is 27.8 Å². The molecule has 46 heavy (non-hydrogen) atoms. The van der Waals surface area contributed by atoms with Crippen LogP contribution in [-0.2, 0) is 50.5 Å². The molecule has 0 bridgehead atoms. The quantitative estimate of drug-likeness (QED) is 0.351. The summed E-state index contributed by atoms with van der Waals surface area (Å²) in [4.78, 5) is 61.3. The number of nitrogens with zero attached hydrogens (tertiary/aromatic N) is 3. The molecule has 2 aliphatic heterocycles. The van der Waals surface area contributed by atoms with Gasteiger partial charge in [0.05, 0.1) is 5.41 Å². The summed E-state index contributed by atoms with van der Waals surface area (Å²) in [6.45, 7) is 7.23. The Morgan fingerprint density at radius 1 is 1.02 bits per heavy atom. The van der Waals surface area contributed by atoms with Crippen LogP contribution in [0.25, 0.3) is 0 Å². The average molecular weight is 623 g/mol. The van der Waals surface area contributed by atoms with Crippen molar-refractivity contribution in [3.8, 4) is 0 Å². The van der Waals surface area contributed by atoms with E-state index >= 15 is 0 Å². The van der Waals surface area contributed by atoms with Crippen molar-refractivity contribution < 1.29 is 19.2 Å². The fourth-order valence-electron chi connectivity index (χ4n) is 7.25. The van der Waals surface area contributed by atoms with Crippen molar-refractivity contribution in [2.24, 2.45) is 5.41 Å². The highest BCUT2D eigenvalue weighted by Gasteiger charge is 2.51. The van der Waals surface area contributed by atoms with Gasteiger partial charge in [-0.2, -0.15) is 0 Å². The van der Waals surface area contributed by atoms with Gasteiger partial charge in [-0.3, -0.25) is 19.2 Å². The van der Waals surface area contributed by atoms with Crippen LogP contribution in [0.1, 0.15) is 61.4 Å². The zero-order valence-corrected chi connectivity index (χ0v) is 27.0. The number of nitrogens with one attached hydrogen (secondary N) is 3. The van der Waals surface area contributed by atoms with E-state index in [4.69, 9.17) is 0 Å². The van der Waals surface area contributed by atoms with Crippen molar-refractivity contribution in [3.05, 3.63) is 88.6 Å². The average Bonchev–Trinajstić information content (AvgIpc) is 3.56. The fourth-order valence-corrected chi connectivity index (χ4v) is 7.25. The summed E-state index contributed by atoms with van der Waals surface area (Å²) in [7, 11) is 1.88. The summed E-state index contributed by atoms with van der Waals surface area (Å²) in [5, 5.41) is 9.20. The number of carbonyl (C=O) groups is 4. The Balaban J connectivity index is 1.23. The highest BCUT2D eigenvalue weighted by molar-refractivity contribution is 6.06.